The van der Waals surface area contributed by atoms with Gasteiger partial charge in [0.2, 0.25) is 5.91 Å². The number of halogens is 2. The van der Waals surface area contributed by atoms with E-state index in [0.717, 1.165) is 37.4 Å². The average molecular weight is 551 g/mol. The quantitative estimate of drug-likeness (QED) is 0.333. The number of nitrogens with one attached hydrogen (secondary N) is 2. The number of aryl methyl sites for hydroxylation is 1. The number of likely N-dealkylation sites (N-methyl/N-ethyl adjacent to an activating group) is 1. The van der Waals surface area contributed by atoms with Crippen LogP contribution in [0.25, 0.3) is 33.5 Å². The minimum absolute atomic E-state index is 0.0603. The van der Waals surface area contributed by atoms with E-state index in [1.807, 2.05) is 18.9 Å². The molecule has 4 heterocycles. The number of phenolic OH excluding ortho intramolecular Hbond substituents is 1. The fourth-order valence-corrected chi connectivity index (χ4v) is 5.78. The van der Waals surface area contributed by atoms with Crippen LogP contribution in [0, 0.1) is 11.6 Å². The van der Waals surface area contributed by atoms with E-state index in [1.165, 1.54) is 18.2 Å². The second kappa shape index (κ2) is 10.6. The van der Waals surface area contributed by atoms with Gasteiger partial charge in [0, 0.05) is 37.9 Å². The Morgan fingerprint density at radius 2 is 2.00 bits per heavy atom. The molecule has 2 aromatic carbocycles. The molecule has 0 bridgehead atoms. The molecular weight excluding hydrogens is 518 g/mol. The summed E-state index contributed by atoms with van der Waals surface area (Å²) in [7, 11) is 1.99. The molecule has 0 aliphatic carbocycles. The van der Waals surface area contributed by atoms with Gasteiger partial charge < -0.3 is 19.7 Å². The van der Waals surface area contributed by atoms with Crippen molar-refractivity contribution in [1.82, 2.24) is 30.0 Å². The Morgan fingerprint density at radius 1 is 1.20 bits per heavy atom. The molecule has 2 aromatic heterocycles. The lowest BCUT2D eigenvalue weighted by molar-refractivity contribution is -0.134. The monoisotopic (exact) mass is 550 g/mol. The van der Waals surface area contributed by atoms with Gasteiger partial charge in [-0.15, -0.1) is 0 Å². The highest BCUT2D eigenvalue weighted by Gasteiger charge is 2.28. The molecule has 3 N–H and O–H groups in total. The third-order valence-electron chi connectivity index (χ3n) is 8.09. The molecule has 0 atom stereocenters. The minimum atomic E-state index is -0.762. The molecule has 0 radical (unpaired) electrons. The Kier molecular flexibility index (Phi) is 7.01. The summed E-state index contributed by atoms with van der Waals surface area (Å²) in [6.45, 7) is 4.65. The van der Waals surface area contributed by atoms with Crippen molar-refractivity contribution in [2.75, 3.05) is 33.4 Å². The number of aromatic amines is 2. The molecule has 40 heavy (non-hydrogen) atoms. The summed E-state index contributed by atoms with van der Waals surface area (Å²) < 4.78 is 35.1. The lowest BCUT2D eigenvalue weighted by Crippen LogP contribution is -2.45. The Bertz CT molecular complexity index is 1580. The highest BCUT2D eigenvalue weighted by atomic mass is 19.1. The van der Waals surface area contributed by atoms with Gasteiger partial charge in [0.05, 0.1) is 29.7 Å². The molecule has 210 valence electrons. The molecule has 6 rings (SSSR count). The van der Waals surface area contributed by atoms with Crippen molar-refractivity contribution in [3.8, 4) is 28.4 Å². The summed E-state index contributed by atoms with van der Waals surface area (Å²) in [6, 6.07) is 6.01. The van der Waals surface area contributed by atoms with E-state index in [9.17, 15) is 14.3 Å². The maximum Gasteiger partial charge on any atom is 0.237 e. The molecule has 1 fully saturated rings. The molecule has 0 spiro atoms. The number of hydrogen-bond acceptors (Lipinski definition) is 6. The predicted octanol–water partition coefficient (Wildman–Crippen LogP) is 4.16. The third kappa shape index (κ3) is 4.84. The van der Waals surface area contributed by atoms with E-state index in [4.69, 9.17) is 9.72 Å². The molecule has 9 nitrogen and oxygen atoms in total. The van der Waals surface area contributed by atoms with Gasteiger partial charge in [-0.3, -0.25) is 14.8 Å². The van der Waals surface area contributed by atoms with Gasteiger partial charge in [0.15, 0.2) is 17.4 Å². The third-order valence-corrected chi connectivity index (χ3v) is 8.09. The lowest BCUT2D eigenvalue weighted by atomic mass is 9.96. The van der Waals surface area contributed by atoms with Crippen LogP contribution in [0.3, 0.4) is 0 Å². The fraction of sp³-hybridized carbons (Fsp3) is 0.414. The Hall–Kier alpha value is -3.83. The Labute approximate surface area is 230 Å². The summed E-state index contributed by atoms with van der Waals surface area (Å²) in [5, 5.41) is 17.3. The molecular formula is C29H32F2N6O3. The summed E-state index contributed by atoms with van der Waals surface area (Å²) in [6.07, 6.45) is 3.02. The number of carbonyl (C=O) groups is 1. The second-order valence-corrected chi connectivity index (χ2v) is 10.6. The van der Waals surface area contributed by atoms with Crippen LogP contribution in [-0.4, -0.2) is 80.4 Å². The Balaban J connectivity index is 1.24. The van der Waals surface area contributed by atoms with Crippen LogP contribution in [0.5, 0.6) is 5.75 Å². The first-order valence-electron chi connectivity index (χ1n) is 13.7. The van der Waals surface area contributed by atoms with Crippen molar-refractivity contribution >= 4 is 16.8 Å². The van der Waals surface area contributed by atoms with Crippen molar-refractivity contribution in [1.29, 1.82) is 0 Å². The zero-order valence-electron chi connectivity index (χ0n) is 22.6. The van der Waals surface area contributed by atoms with E-state index < -0.39 is 17.4 Å². The van der Waals surface area contributed by atoms with Crippen LogP contribution in [0.4, 0.5) is 8.78 Å². The normalized spacial score (nSPS) is 16.2. The highest BCUT2D eigenvalue weighted by Crippen LogP contribution is 2.35. The standard InChI is InChI=1S/C29H32F2N6O3/c1-3-16-12-25(38)20(30)13-19(16)17-10-21(31)27-23(11-17)34-35-28(27)29-32-22-4-7-37(14-24(22)33-29)26(39)15-36(2)18-5-8-40-9-6-18/h10-13,18,38H,3-9,14-15H2,1-2H3,(H,32,33)(H,34,35). The van der Waals surface area contributed by atoms with Gasteiger partial charge in [0.1, 0.15) is 11.5 Å². The Morgan fingerprint density at radius 3 is 2.77 bits per heavy atom. The summed E-state index contributed by atoms with van der Waals surface area (Å²) in [5.41, 5.74) is 4.15. The minimum Gasteiger partial charge on any atom is -0.505 e. The number of aromatic nitrogens is 4. The molecule has 2 aliphatic rings. The van der Waals surface area contributed by atoms with Crippen LogP contribution in [0.15, 0.2) is 24.3 Å². The fourth-order valence-electron chi connectivity index (χ4n) is 5.78. The number of amides is 1. The molecule has 2 aliphatic heterocycles. The summed E-state index contributed by atoms with van der Waals surface area (Å²) >= 11 is 0. The number of ether oxygens (including phenoxy) is 1. The van der Waals surface area contributed by atoms with Crippen LogP contribution in [-0.2, 0) is 28.9 Å². The first-order valence-corrected chi connectivity index (χ1v) is 13.7. The molecule has 0 saturated carbocycles. The number of H-pyrrole nitrogens is 2. The van der Waals surface area contributed by atoms with Gasteiger partial charge in [0.25, 0.3) is 0 Å². The van der Waals surface area contributed by atoms with Crippen LogP contribution in [0.1, 0.15) is 36.7 Å². The van der Waals surface area contributed by atoms with E-state index in [-0.39, 0.29) is 11.3 Å². The lowest BCUT2D eigenvalue weighted by Gasteiger charge is -2.33. The van der Waals surface area contributed by atoms with Crippen molar-refractivity contribution < 1.29 is 23.4 Å². The second-order valence-electron chi connectivity index (χ2n) is 10.6. The number of imidazole rings is 1. The summed E-state index contributed by atoms with van der Waals surface area (Å²) in [5.74, 6) is -1.22. The molecule has 0 unspecified atom stereocenters. The van der Waals surface area contributed by atoms with E-state index in [2.05, 4.69) is 20.1 Å². The zero-order chi connectivity index (χ0) is 28.0. The number of hydrogen-bond donors (Lipinski definition) is 3. The molecule has 1 saturated heterocycles. The maximum atomic E-state index is 15.5. The predicted molar refractivity (Wildman–Crippen MR) is 146 cm³/mol. The largest absolute Gasteiger partial charge is 0.505 e. The van der Waals surface area contributed by atoms with Gasteiger partial charge in [-0.1, -0.05) is 6.92 Å². The average Bonchev–Trinajstić information content (AvgIpc) is 3.58. The number of carbonyl (C=O) groups excluding carboxylic acids is 1. The molecule has 1 amide bonds. The topological polar surface area (TPSA) is 110 Å². The number of aromatic hydroxyl groups is 1. The van der Waals surface area contributed by atoms with Crippen molar-refractivity contribution in [2.45, 2.75) is 45.2 Å². The van der Waals surface area contributed by atoms with Crippen molar-refractivity contribution in [2.24, 2.45) is 0 Å². The highest BCUT2D eigenvalue weighted by molar-refractivity contribution is 5.94. The van der Waals surface area contributed by atoms with Crippen molar-refractivity contribution in [3.63, 3.8) is 0 Å². The van der Waals surface area contributed by atoms with Gasteiger partial charge in [-0.25, -0.2) is 13.8 Å². The van der Waals surface area contributed by atoms with Crippen LogP contribution >= 0.6 is 0 Å². The first-order chi connectivity index (χ1) is 19.3. The van der Waals surface area contributed by atoms with Gasteiger partial charge >= 0.3 is 0 Å². The number of nitrogens with zero attached hydrogens (tertiary/aromatic N) is 4. The van der Waals surface area contributed by atoms with Crippen LogP contribution in [0.2, 0.25) is 0 Å². The number of phenols is 1. The van der Waals surface area contributed by atoms with E-state index in [0.29, 0.717) is 72.2 Å². The zero-order valence-corrected chi connectivity index (χ0v) is 22.6. The first kappa shape index (κ1) is 26.4. The van der Waals surface area contributed by atoms with Gasteiger partial charge in [-0.05, 0) is 67.3 Å². The SMILES string of the molecule is CCc1cc(O)c(F)cc1-c1cc(F)c2c(-c3nc4c([nH]3)CCN(C(=O)CN(C)C3CCOCC3)C4)n[nH]c2c1. The smallest absolute Gasteiger partial charge is 0.237 e. The molecule has 11 heteroatoms. The van der Waals surface area contributed by atoms with Gasteiger partial charge in [-0.2, -0.15) is 5.10 Å². The van der Waals surface area contributed by atoms with Crippen molar-refractivity contribution in [3.05, 3.63) is 52.9 Å². The number of fused-ring (bicyclic) bond motifs is 2. The molecule has 4 aromatic rings. The van der Waals surface area contributed by atoms with E-state index in [1.54, 1.807) is 6.07 Å². The number of rotatable bonds is 6. The summed E-state index contributed by atoms with van der Waals surface area (Å²) in [4.78, 5) is 25.0. The number of benzene rings is 2. The van der Waals surface area contributed by atoms with Crippen LogP contribution < -0.4 is 0 Å². The maximum absolute atomic E-state index is 15.5. The van der Waals surface area contributed by atoms with E-state index >= 15 is 4.39 Å².